The van der Waals surface area contributed by atoms with Crippen molar-refractivity contribution in [3.05, 3.63) is 125 Å². The van der Waals surface area contributed by atoms with Crippen LogP contribution in [0.15, 0.2) is 119 Å². The molecule has 0 N–H and O–H groups in total. The lowest BCUT2D eigenvalue weighted by molar-refractivity contribution is -0.113. The van der Waals surface area contributed by atoms with Crippen LogP contribution in [0.4, 0.5) is 11.4 Å². The average Bonchev–Trinajstić information content (AvgIpc) is 3.23. The smallest absolute Gasteiger partial charge is 0.271 e. The zero-order valence-electron chi connectivity index (χ0n) is 19.7. The first-order chi connectivity index (χ1) is 17.7. The zero-order valence-corrected chi connectivity index (χ0v) is 20.5. The van der Waals surface area contributed by atoms with Crippen LogP contribution in [0.3, 0.4) is 0 Å². The Morgan fingerprint density at radius 2 is 1.50 bits per heavy atom. The molecule has 178 valence electrons. The van der Waals surface area contributed by atoms with Gasteiger partial charge in [-0.1, -0.05) is 72.8 Å². The third-order valence-corrected chi connectivity index (χ3v) is 6.49. The van der Waals surface area contributed by atoms with E-state index < -0.39 is 0 Å². The molecular weight excluding hydrogens is 468 g/mol. The van der Waals surface area contributed by atoms with Gasteiger partial charge in [0.15, 0.2) is 16.7 Å². The minimum Gasteiger partial charge on any atom is -0.493 e. The second-order valence-electron chi connectivity index (χ2n) is 8.00. The van der Waals surface area contributed by atoms with Gasteiger partial charge in [0.2, 0.25) is 0 Å². The van der Waals surface area contributed by atoms with Gasteiger partial charge in [-0.2, -0.15) is 0 Å². The Hall–Kier alpha value is -4.29. The van der Waals surface area contributed by atoms with Gasteiger partial charge in [0, 0.05) is 0 Å². The summed E-state index contributed by atoms with van der Waals surface area (Å²) in [7, 11) is 1.61. The summed E-state index contributed by atoms with van der Waals surface area (Å²) in [5.74, 6) is 1.13. The lowest BCUT2D eigenvalue weighted by atomic mass is 10.1. The Morgan fingerprint density at radius 1 is 0.833 bits per heavy atom. The highest BCUT2D eigenvalue weighted by atomic mass is 32.2. The van der Waals surface area contributed by atoms with Gasteiger partial charge < -0.3 is 9.47 Å². The predicted molar refractivity (Wildman–Crippen MR) is 147 cm³/mol. The fourth-order valence-electron chi connectivity index (χ4n) is 3.75. The van der Waals surface area contributed by atoms with Crippen LogP contribution in [-0.2, 0) is 11.4 Å². The first kappa shape index (κ1) is 23.5. The van der Waals surface area contributed by atoms with E-state index in [1.54, 1.807) is 12.0 Å². The van der Waals surface area contributed by atoms with E-state index in [0.717, 1.165) is 22.5 Å². The molecule has 0 aromatic heterocycles. The third kappa shape index (κ3) is 5.34. The van der Waals surface area contributed by atoms with E-state index >= 15 is 0 Å². The summed E-state index contributed by atoms with van der Waals surface area (Å²) < 4.78 is 11.5. The molecule has 0 atom stereocenters. The Bertz CT molecular complexity index is 1400. The Morgan fingerprint density at radius 3 is 2.19 bits per heavy atom. The molecular formula is C30H24N2O3S. The molecule has 1 aliphatic rings. The number of benzene rings is 4. The van der Waals surface area contributed by atoms with Crippen LogP contribution in [0.1, 0.15) is 11.1 Å². The van der Waals surface area contributed by atoms with Gasteiger partial charge in [-0.15, -0.1) is 0 Å². The number of thioether (sulfide) groups is 1. The summed E-state index contributed by atoms with van der Waals surface area (Å²) in [5, 5.41) is 0.610. The summed E-state index contributed by atoms with van der Waals surface area (Å²) in [6, 6.07) is 34.8. The minimum absolute atomic E-state index is 0.121. The number of amides is 1. The number of carbonyl (C=O) groups excluding carboxylic acids is 1. The summed E-state index contributed by atoms with van der Waals surface area (Å²) >= 11 is 1.35. The van der Waals surface area contributed by atoms with E-state index in [1.165, 1.54) is 11.8 Å². The number of hydrogen-bond acceptors (Lipinski definition) is 5. The molecule has 5 rings (SSSR count). The highest BCUT2D eigenvalue weighted by Crippen LogP contribution is 2.38. The molecule has 1 heterocycles. The second-order valence-corrected chi connectivity index (χ2v) is 9.01. The lowest BCUT2D eigenvalue weighted by Gasteiger charge is -2.15. The van der Waals surface area contributed by atoms with Gasteiger partial charge in [-0.3, -0.25) is 9.69 Å². The topological polar surface area (TPSA) is 51.1 Å². The van der Waals surface area contributed by atoms with Crippen molar-refractivity contribution in [1.82, 2.24) is 0 Å². The Balaban J connectivity index is 1.43. The maximum atomic E-state index is 13.5. The number of ether oxygens (including phenoxy) is 2. The SMILES string of the molecule is COc1cc(C=C2SC(=Nc3ccccc3)N(c3ccccc3)C2=O)ccc1OCc1ccccc1. The van der Waals surface area contributed by atoms with Crippen LogP contribution >= 0.6 is 11.8 Å². The van der Waals surface area contributed by atoms with E-state index in [1.807, 2.05) is 115 Å². The van der Waals surface area contributed by atoms with Crippen LogP contribution in [-0.4, -0.2) is 18.2 Å². The van der Waals surface area contributed by atoms with Crippen molar-refractivity contribution < 1.29 is 14.3 Å². The maximum Gasteiger partial charge on any atom is 0.271 e. The summed E-state index contributed by atoms with van der Waals surface area (Å²) in [6.45, 7) is 0.442. The quantitative estimate of drug-likeness (QED) is 0.259. The molecule has 0 spiro atoms. The molecule has 1 amide bonds. The fourth-order valence-corrected chi connectivity index (χ4v) is 4.75. The van der Waals surface area contributed by atoms with Crippen molar-refractivity contribution in [2.45, 2.75) is 6.61 Å². The van der Waals surface area contributed by atoms with Crippen molar-refractivity contribution in [1.29, 1.82) is 0 Å². The molecule has 0 radical (unpaired) electrons. The summed E-state index contributed by atoms with van der Waals surface area (Å²) in [4.78, 5) is 20.5. The maximum absolute atomic E-state index is 13.5. The highest BCUT2D eigenvalue weighted by Gasteiger charge is 2.34. The van der Waals surface area contributed by atoms with E-state index in [4.69, 9.17) is 14.5 Å². The second kappa shape index (κ2) is 11.0. The van der Waals surface area contributed by atoms with Crippen molar-refractivity contribution in [3.8, 4) is 11.5 Å². The number of carbonyl (C=O) groups is 1. The molecule has 4 aromatic rings. The van der Waals surface area contributed by atoms with E-state index in [2.05, 4.69) is 0 Å². The summed E-state index contributed by atoms with van der Waals surface area (Å²) in [6.07, 6.45) is 1.86. The Labute approximate surface area is 214 Å². The number of rotatable bonds is 7. The van der Waals surface area contributed by atoms with Crippen LogP contribution in [0.25, 0.3) is 6.08 Å². The van der Waals surface area contributed by atoms with E-state index in [0.29, 0.717) is 28.2 Å². The number of methoxy groups -OCH3 is 1. The van der Waals surface area contributed by atoms with Crippen molar-refractivity contribution in [3.63, 3.8) is 0 Å². The van der Waals surface area contributed by atoms with Crippen molar-refractivity contribution in [2.75, 3.05) is 12.0 Å². The number of amidine groups is 1. The highest BCUT2D eigenvalue weighted by molar-refractivity contribution is 8.19. The molecule has 0 saturated carbocycles. The predicted octanol–water partition coefficient (Wildman–Crippen LogP) is 7.08. The van der Waals surface area contributed by atoms with Crippen molar-refractivity contribution >= 4 is 40.3 Å². The first-order valence-electron chi connectivity index (χ1n) is 11.5. The van der Waals surface area contributed by atoms with E-state index in [9.17, 15) is 4.79 Å². The normalized spacial score (nSPS) is 15.5. The molecule has 0 bridgehead atoms. The molecule has 1 fully saturated rings. The van der Waals surface area contributed by atoms with Gasteiger partial charge in [0.05, 0.1) is 23.4 Å². The molecule has 36 heavy (non-hydrogen) atoms. The minimum atomic E-state index is -0.121. The molecule has 0 unspecified atom stereocenters. The van der Waals surface area contributed by atoms with Gasteiger partial charge in [-0.25, -0.2) is 4.99 Å². The molecule has 5 nitrogen and oxygen atoms in total. The average molecular weight is 493 g/mol. The third-order valence-electron chi connectivity index (χ3n) is 5.52. The number of nitrogens with zero attached hydrogens (tertiary/aromatic N) is 2. The van der Waals surface area contributed by atoms with Crippen LogP contribution in [0.5, 0.6) is 11.5 Å². The first-order valence-corrected chi connectivity index (χ1v) is 12.3. The monoisotopic (exact) mass is 492 g/mol. The molecule has 1 aliphatic heterocycles. The standard InChI is InChI=1S/C30H24N2O3S/c1-34-27-19-23(17-18-26(27)35-21-22-11-5-2-6-12-22)20-28-29(33)32(25-15-9-4-10-16-25)30(36-28)31-24-13-7-3-8-14-24/h2-20H,21H2,1H3. The van der Waals surface area contributed by atoms with Gasteiger partial charge in [0.1, 0.15) is 6.61 Å². The number of aliphatic imine (C=N–C) groups is 1. The van der Waals surface area contributed by atoms with Gasteiger partial charge in [-0.05, 0) is 65.4 Å². The van der Waals surface area contributed by atoms with Gasteiger partial charge >= 0.3 is 0 Å². The number of hydrogen-bond donors (Lipinski definition) is 0. The lowest BCUT2D eigenvalue weighted by Crippen LogP contribution is -2.28. The number of anilines is 1. The van der Waals surface area contributed by atoms with Crippen molar-refractivity contribution in [2.24, 2.45) is 4.99 Å². The Kier molecular flexibility index (Phi) is 7.15. The molecule has 0 aliphatic carbocycles. The molecule has 4 aromatic carbocycles. The van der Waals surface area contributed by atoms with Crippen LogP contribution in [0.2, 0.25) is 0 Å². The van der Waals surface area contributed by atoms with Crippen LogP contribution < -0.4 is 14.4 Å². The largest absolute Gasteiger partial charge is 0.493 e. The zero-order chi connectivity index (χ0) is 24.7. The van der Waals surface area contributed by atoms with Crippen LogP contribution in [0, 0.1) is 0 Å². The molecule has 6 heteroatoms. The molecule has 1 saturated heterocycles. The number of para-hydroxylation sites is 2. The van der Waals surface area contributed by atoms with E-state index in [-0.39, 0.29) is 5.91 Å². The van der Waals surface area contributed by atoms with Gasteiger partial charge in [0.25, 0.3) is 5.91 Å². The fraction of sp³-hybridized carbons (Fsp3) is 0.0667. The summed E-state index contributed by atoms with van der Waals surface area (Å²) in [5.41, 5.74) is 3.47.